The van der Waals surface area contributed by atoms with E-state index in [9.17, 15) is 19.2 Å². The number of carbonyl (C=O) groups is 4. The third-order valence-electron chi connectivity index (χ3n) is 6.82. The van der Waals surface area contributed by atoms with Gasteiger partial charge in [0.05, 0.1) is 11.1 Å². The van der Waals surface area contributed by atoms with Gasteiger partial charge in [0.25, 0.3) is 11.8 Å². The van der Waals surface area contributed by atoms with E-state index in [0.29, 0.717) is 23.5 Å². The highest BCUT2D eigenvalue weighted by molar-refractivity contribution is 6.23. The zero-order valence-electron chi connectivity index (χ0n) is 18.5. The third kappa shape index (κ3) is 4.27. The van der Waals surface area contributed by atoms with Gasteiger partial charge in [-0.25, -0.2) is 0 Å². The predicted molar refractivity (Wildman–Crippen MR) is 120 cm³/mol. The summed E-state index contributed by atoms with van der Waals surface area (Å²) < 4.78 is 0. The standard InChI is InChI=1S/C23H31N5O4/c1-24-21(30)20(3-2-14-29)28-22(31)18-5-4-17(15-19(18)23(28)32)27-12-10-26(11-13-27)16-6-8-25-9-7-16/h4-5,14-16,20,25H,2-3,6-13H2,1H3,(H,24,30). The van der Waals surface area contributed by atoms with E-state index >= 15 is 0 Å². The molecule has 1 aromatic rings. The molecule has 0 saturated carbocycles. The van der Waals surface area contributed by atoms with Crippen LogP contribution in [-0.2, 0) is 9.59 Å². The van der Waals surface area contributed by atoms with Gasteiger partial charge < -0.3 is 20.3 Å². The highest BCUT2D eigenvalue weighted by Crippen LogP contribution is 2.30. The van der Waals surface area contributed by atoms with E-state index < -0.39 is 23.8 Å². The zero-order valence-corrected chi connectivity index (χ0v) is 18.5. The number of nitrogens with one attached hydrogen (secondary N) is 2. The Morgan fingerprint density at radius 3 is 2.47 bits per heavy atom. The van der Waals surface area contributed by atoms with E-state index in [1.165, 1.54) is 19.9 Å². The first-order chi connectivity index (χ1) is 15.5. The molecule has 3 heterocycles. The third-order valence-corrected chi connectivity index (χ3v) is 6.82. The number of hydrogen-bond acceptors (Lipinski definition) is 7. The van der Waals surface area contributed by atoms with Crippen molar-refractivity contribution in [3.63, 3.8) is 0 Å². The zero-order chi connectivity index (χ0) is 22.7. The summed E-state index contributed by atoms with van der Waals surface area (Å²) in [5, 5.41) is 5.91. The molecule has 0 aliphatic carbocycles. The molecule has 1 unspecified atom stereocenters. The van der Waals surface area contributed by atoms with E-state index in [1.54, 1.807) is 12.1 Å². The SMILES string of the molecule is CNC(=O)C(CCC=O)N1C(=O)c2ccc(N3CCN(C4CCNCC4)CC3)cc2C1=O. The second kappa shape index (κ2) is 9.79. The van der Waals surface area contributed by atoms with Crippen LogP contribution >= 0.6 is 0 Å². The number of fused-ring (bicyclic) bond motifs is 1. The molecular formula is C23H31N5O4. The number of rotatable bonds is 7. The van der Waals surface area contributed by atoms with Crippen LogP contribution in [0.2, 0.25) is 0 Å². The molecule has 32 heavy (non-hydrogen) atoms. The van der Waals surface area contributed by atoms with Crippen molar-refractivity contribution in [3.8, 4) is 0 Å². The van der Waals surface area contributed by atoms with Crippen LogP contribution in [0.25, 0.3) is 0 Å². The second-order valence-electron chi connectivity index (χ2n) is 8.59. The Bertz CT molecular complexity index is 890. The number of piperazine rings is 1. The van der Waals surface area contributed by atoms with Crippen LogP contribution in [0.1, 0.15) is 46.4 Å². The summed E-state index contributed by atoms with van der Waals surface area (Å²) in [6, 6.07) is 4.99. The maximum Gasteiger partial charge on any atom is 0.262 e. The number of likely N-dealkylation sites (N-methyl/N-ethyl adjacent to an activating group) is 1. The Kier molecular flexibility index (Phi) is 6.86. The summed E-state index contributed by atoms with van der Waals surface area (Å²) in [7, 11) is 1.45. The lowest BCUT2D eigenvalue weighted by Crippen LogP contribution is -2.52. The summed E-state index contributed by atoms with van der Waals surface area (Å²) in [5.74, 6) is -1.40. The molecule has 3 aliphatic heterocycles. The van der Waals surface area contributed by atoms with Gasteiger partial charge in [-0.1, -0.05) is 0 Å². The van der Waals surface area contributed by atoms with E-state index in [2.05, 4.69) is 20.4 Å². The van der Waals surface area contributed by atoms with Gasteiger partial charge in [-0.05, 0) is 50.6 Å². The van der Waals surface area contributed by atoms with E-state index in [1.807, 2.05) is 6.07 Å². The number of carbonyl (C=O) groups excluding carboxylic acids is 4. The summed E-state index contributed by atoms with van der Waals surface area (Å²) in [4.78, 5) is 55.1. The van der Waals surface area contributed by atoms with Crippen LogP contribution in [0, 0.1) is 0 Å². The first-order valence-corrected chi connectivity index (χ1v) is 11.4. The Balaban J connectivity index is 1.48. The summed E-state index contributed by atoms with van der Waals surface area (Å²) in [5.41, 5.74) is 1.56. The number of piperidine rings is 1. The van der Waals surface area contributed by atoms with Crippen LogP contribution in [0.5, 0.6) is 0 Å². The van der Waals surface area contributed by atoms with Gasteiger partial charge in [0.2, 0.25) is 5.91 Å². The largest absolute Gasteiger partial charge is 0.369 e. The van der Waals surface area contributed by atoms with E-state index in [0.717, 1.165) is 49.9 Å². The van der Waals surface area contributed by atoms with Crippen molar-refractivity contribution in [1.29, 1.82) is 0 Å². The van der Waals surface area contributed by atoms with Gasteiger partial charge >= 0.3 is 0 Å². The molecule has 3 amide bonds. The molecule has 1 atom stereocenters. The molecule has 0 radical (unpaired) electrons. The number of aldehydes is 1. The van der Waals surface area contributed by atoms with Crippen molar-refractivity contribution in [2.45, 2.75) is 37.8 Å². The summed E-state index contributed by atoms with van der Waals surface area (Å²) in [6.45, 7) is 5.85. The number of nitrogens with zero attached hydrogens (tertiary/aromatic N) is 3. The Hall–Kier alpha value is -2.78. The molecule has 9 nitrogen and oxygen atoms in total. The lowest BCUT2D eigenvalue weighted by atomic mass is 10.0. The molecule has 3 aliphatic rings. The van der Waals surface area contributed by atoms with Crippen LogP contribution in [0.15, 0.2) is 18.2 Å². The monoisotopic (exact) mass is 441 g/mol. The molecule has 0 spiro atoms. The van der Waals surface area contributed by atoms with Crippen molar-refractivity contribution in [2.75, 3.05) is 51.2 Å². The van der Waals surface area contributed by atoms with Gasteiger partial charge in [0.1, 0.15) is 12.3 Å². The molecular weight excluding hydrogens is 410 g/mol. The van der Waals surface area contributed by atoms with Crippen LogP contribution in [-0.4, -0.2) is 92.2 Å². The normalized spacial score (nSPS) is 20.9. The Morgan fingerprint density at radius 2 is 1.81 bits per heavy atom. The molecule has 9 heteroatoms. The maximum absolute atomic E-state index is 13.1. The number of hydrogen-bond donors (Lipinski definition) is 2. The average molecular weight is 442 g/mol. The van der Waals surface area contributed by atoms with Crippen molar-refractivity contribution < 1.29 is 19.2 Å². The number of imide groups is 1. The number of amides is 3. The smallest absolute Gasteiger partial charge is 0.262 e. The molecule has 0 bridgehead atoms. The average Bonchev–Trinajstić information content (AvgIpc) is 3.09. The first kappa shape index (κ1) is 22.4. The summed E-state index contributed by atoms with van der Waals surface area (Å²) in [6.07, 6.45) is 3.26. The van der Waals surface area contributed by atoms with Crippen molar-refractivity contribution in [1.82, 2.24) is 20.4 Å². The molecule has 4 rings (SSSR count). The lowest BCUT2D eigenvalue weighted by molar-refractivity contribution is -0.124. The van der Waals surface area contributed by atoms with Crippen molar-refractivity contribution in [3.05, 3.63) is 29.3 Å². The highest BCUT2D eigenvalue weighted by atomic mass is 16.2. The molecule has 1 aromatic carbocycles. The number of anilines is 1. The maximum atomic E-state index is 13.1. The molecule has 172 valence electrons. The second-order valence-corrected chi connectivity index (χ2v) is 8.59. The van der Waals surface area contributed by atoms with Gasteiger partial charge in [0, 0.05) is 51.4 Å². The minimum atomic E-state index is -0.991. The molecule has 2 N–H and O–H groups in total. The highest BCUT2D eigenvalue weighted by Gasteiger charge is 2.42. The van der Waals surface area contributed by atoms with Crippen molar-refractivity contribution in [2.24, 2.45) is 0 Å². The molecule has 0 aromatic heterocycles. The fourth-order valence-electron chi connectivity index (χ4n) is 5.01. The van der Waals surface area contributed by atoms with Gasteiger partial charge in [0.15, 0.2) is 0 Å². The topological polar surface area (TPSA) is 102 Å². The van der Waals surface area contributed by atoms with Gasteiger partial charge in [-0.3, -0.25) is 24.2 Å². The summed E-state index contributed by atoms with van der Waals surface area (Å²) >= 11 is 0. The predicted octanol–water partition coefficient (Wildman–Crippen LogP) is 0.250. The van der Waals surface area contributed by atoms with Crippen molar-refractivity contribution >= 4 is 29.7 Å². The number of benzene rings is 1. The van der Waals surface area contributed by atoms with Gasteiger partial charge in [-0.15, -0.1) is 0 Å². The quantitative estimate of drug-likeness (QED) is 0.462. The van der Waals surface area contributed by atoms with Crippen LogP contribution in [0.3, 0.4) is 0 Å². The first-order valence-electron chi connectivity index (χ1n) is 11.4. The van der Waals surface area contributed by atoms with Crippen LogP contribution in [0.4, 0.5) is 5.69 Å². The van der Waals surface area contributed by atoms with E-state index in [4.69, 9.17) is 0 Å². The minimum Gasteiger partial charge on any atom is -0.369 e. The minimum absolute atomic E-state index is 0.0953. The molecule has 2 fully saturated rings. The Morgan fingerprint density at radius 1 is 1.12 bits per heavy atom. The fourth-order valence-corrected chi connectivity index (χ4v) is 5.01. The Labute approximate surface area is 188 Å². The fraction of sp³-hybridized carbons (Fsp3) is 0.565. The van der Waals surface area contributed by atoms with Gasteiger partial charge in [-0.2, -0.15) is 0 Å². The lowest BCUT2D eigenvalue weighted by Gasteiger charge is -2.41. The molecule has 2 saturated heterocycles. The van der Waals surface area contributed by atoms with E-state index in [-0.39, 0.29) is 12.8 Å². The van der Waals surface area contributed by atoms with Crippen LogP contribution < -0.4 is 15.5 Å².